The van der Waals surface area contributed by atoms with E-state index in [1.165, 1.54) is 18.2 Å². The van der Waals surface area contributed by atoms with E-state index in [0.29, 0.717) is 11.1 Å². The molecule has 0 aromatic heterocycles. The highest BCUT2D eigenvalue weighted by Gasteiger charge is 2.49. The Morgan fingerprint density at radius 2 is 2.00 bits per heavy atom. The third-order valence-corrected chi connectivity index (χ3v) is 5.16. The maximum atomic E-state index is 12.9. The number of nitrogens with one attached hydrogen (secondary N) is 2. The number of anilines is 1. The molecule has 2 aromatic rings. The number of hydrogen-bond donors (Lipinski definition) is 2. The Balaban J connectivity index is 1.76. The second kappa shape index (κ2) is 7.63. The predicted molar refractivity (Wildman–Crippen MR) is 108 cm³/mol. The van der Waals surface area contributed by atoms with Crippen molar-refractivity contribution >= 4 is 45.2 Å². The van der Waals surface area contributed by atoms with Gasteiger partial charge in [0, 0.05) is 21.8 Å². The van der Waals surface area contributed by atoms with E-state index in [2.05, 4.69) is 26.6 Å². The maximum Gasteiger partial charge on any atom is 0.325 e. The minimum absolute atomic E-state index is 0.139. The fourth-order valence-electron chi connectivity index (χ4n) is 3.06. The molecule has 1 fully saturated rings. The van der Waals surface area contributed by atoms with Crippen LogP contribution in [0, 0.1) is 17.0 Å². The van der Waals surface area contributed by atoms with E-state index in [1.54, 1.807) is 38.1 Å². The number of benzene rings is 2. The van der Waals surface area contributed by atoms with Gasteiger partial charge >= 0.3 is 6.03 Å². The first-order chi connectivity index (χ1) is 13.6. The topological polar surface area (TPSA) is 122 Å². The lowest BCUT2D eigenvalue weighted by atomic mass is 9.92. The van der Waals surface area contributed by atoms with Crippen molar-refractivity contribution in [3.8, 4) is 0 Å². The molecular weight excluding hydrogens is 444 g/mol. The van der Waals surface area contributed by atoms with Crippen LogP contribution in [0.25, 0.3) is 0 Å². The lowest BCUT2D eigenvalue weighted by molar-refractivity contribution is -0.385. The van der Waals surface area contributed by atoms with E-state index in [4.69, 9.17) is 0 Å². The Labute approximate surface area is 174 Å². The van der Waals surface area contributed by atoms with Crippen molar-refractivity contribution < 1.29 is 19.3 Å². The molecule has 0 bridgehead atoms. The quantitative estimate of drug-likeness (QED) is 0.403. The monoisotopic (exact) mass is 460 g/mol. The van der Waals surface area contributed by atoms with E-state index in [1.807, 2.05) is 0 Å². The molecule has 0 radical (unpaired) electrons. The number of rotatable bonds is 5. The molecule has 3 rings (SSSR count). The van der Waals surface area contributed by atoms with Gasteiger partial charge in [-0.15, -0.1) is 0 Å². The Kier molecular flexibility index (Phi) is 5.38. The highest BCUT2D eigenvalue weighted by atomic mass is 79.9. The van der Waals surface area contributed by atoms with Gasteiger partial charge in [0.2, 0.25) is 5.91 Å². The number of halogens is 1. The highest BCUT2D eigenvalue weighted by Crippen LogP contribution is 2.30. The number of nitro groups is 1. The summed E-state index contributed by atoms with van der Waals surface area (Å²) in [6, 6.07) is 10.5. The molecule has 0 aliphatic carbocycles. The first-order valence-electron chi connectivity index (χ1n) is 8.57. The van der Waals surface area contributed by atoms with E-state index in [0.717, 1.165) is 9.37 Å². The van der Waals surface area contributed by atoms with Crippen molar-refractivity contribution in [2.75, 3.05) is 11.9 Å². The lowest BCUT2D eigenvalue weighted by Gasteiger charge is -2.22. The number of aryl methyl sites for hydroxylation is 1. The van der Waals surface area contributed by atoms with Crippen molar-refractivity contribution in [1.82, 2.24) is 10.2 Å². The van der Waals surface area contributed by atoms with E-state index in [-0.39, 0.29) is 11.4 Å². The summed E-state index contributed by atoms with van der Waals surface area (Å²) >= 11 is 3.33. The number of carbonyl (C=O) groups is 3. The number of nitro benzene ring substituents is 1. The molecule has 9 nitrogen and oxygen atoms in total. The average Bonchev–Trinajstić information content (AvgIpc) is 2.87. The van der Waals surface area contributed by atoms with Crippen LogP contribution in [0.1, 0.15) is 18.1 Å². The van der Waals surface area contributed by atoms with Crippen LogP contribution in [0.15, 0.2) is 46.9 Å². The van der Waals surface area contributed by atoms with Crippen molar-refractivity contribution in [2.24, 2.45) is 0 Å². The normalized spacial score (nSPS) is 18.5. The number of hydrogen-bond acceptors (Lipinski definition) is 5. The smallest absolute Gasteiger partial charge is 0.324 e. The van der Waals surface area contributed by atoms with Crippen LogP contribution in [0.5, 0.6) is 0 Å². The van der Waals surface area contributed by atoms with Crippen molar-refractivity contribution in [1.29, 1.82) is 0 Å². The number of amides is 4. The Morgan fingerprint density at radius 3 is 2.66 bits per heavy atom. The van der Waals surface area contributed by atoms with Gasteiger partial charge in [0.05, 0.1) is 4.92 Å². The first kappa shape index (κ1) is 20.5. The van der Waals surface area contributed by atoms with Crippen molar-refractivity contribution in [2.45, 2.75) is 19.4 Å². The average molecular weight is 461 g/mol. The fraction of sp³-hybridized carbons (Fsp3) is 0.211. The summed E-state index contributed by atoms with van der Waals surface area (Å²) in [6.45, 7) is 2.63. The number of imide groups is 1. The zero-order valence-corrected chi connectivity index (χ0v) is 17.1. The van der Waals surface area contributed by atoms with Crippen LogP contribution >= 0.6 is 15.9 Å². The lowest BCUT2D eigenvalue weighted by Crippen LogP contribution is -2.42. The van der Waals surface area contributed by atoms with Gasteiger partial charge in [0.15, 0.2) is 0 Å². The van der Waals surface area contributed by atoms with Gasteiger partial charge in [-0.2, -0.15) is 0 Å². The summed E-state index contributed by atoms with van der Waals surface area (Å²) < 4.78 is 0.746. The third kappa shape index (κ3) is 3.97. The molecular formula is C19H17BrN4O5. The molecule has 150 valence electrons. The molecule has 0 unspecified atom stereocenters. The van der Waals surface area contributed by atoms with Gasteiger partial charge in [-0.05, 0) is 37.6 Å². The van der Waals surface area contributed by atoms with Crippen LogP contribution in [0.2, 0.25) is 0 Å². The Morgan fingerprint density at radius 1 is 1.28 bits per heavy atom. The number of nitrogens with zero attached hydrogens (tertiary/aromatic N) is 2. The Bertz CT molecular complexity index is 1040. The molecule has 0 spiro atoms. The molecule has 29 heavy (non-hydrogen) atoms. The van der Waals surface area contributed by atoms with Gasteiger partial charge < -0.3 is 10.6 Å². The third-order valence-electron chi connectivity index (χ3n) is 4.67. The molecule has 1 aliphatic heterocycles. The van der Waals surface area contributed by atoms with Crippen molar-refractivity contribution in [3.63, 3.8) is 0 Å². The summed E-state index contributed by atoms with van der Waals surface area (Å²) in [7, 11) is 0. The minimum Gasteiger partial charge on any atom is -0.324 e. The van der Waals surface area contributed by atoms with Gasteiger partial charge in [-0.25, -0.2) is 4.79 Å². The fourth-order valence-corrected chi connectivity index (χ4v) is 3.46. The van der Waals surface area contributed by atoms with E-state index in [9.17, 15) is 24.5 Å². The SMILES string of the molecule is Cc1ccc(NC(=O)CN2C(=O)N[C@@](C)(c3cccc(Br)c3)C2=O)cc1[N+](=O)[O-]. The molecule has 1 saturated heterocycles. The molecule has 2 N–H and O–H groups in total. The van der Waals surface area contributed by atoms with Crippen LogP contribution in [0.4, 0.5) is 16.2 Å². The largest absolute Gasteiger partial charge is 0.325 e. The van der Waals surface area contributed by atoms with Crippen LogP contribution in [-0.2, 0) is 15.1 Å². The van der Waals surface area contributed by atoms with Gasteiger partial charge in [0.25, 0.3) is 11.6 Å². The Hall–Kier alpha value is -3.27. The highest BCUT2D eigenvalue weighted by molar-refractivity contribution is 9.10. The van der Waals surface area contributed by atoms with Crippen LogP contribution < -0.4 is 10.6 Å². The minimum atomic E-state index is -1.30. The number of urea groups is 1. The first-order valence-corrected chi connectivity index (χ1v) is 9.36. The summed E-state index contributed by atoms with van der Waals surface area (Å²) in [5, 5.41) is 16.1. The van der Waals surface area contributed by atoms with Gasteiger partial charge in [0.1, 0.15) is 12.1 Å². The van der Waals surface area contributed by atoms with Gasteiger partial charge in [-0.1, -0.05) is 34.1 Å². The zero-order valence-electron chi connectivity index (χ0n) is 15.6. The summed E-state index contributed by atoms with van der Waals surface area (Å²) in [6.07, 6.45) is 0. The van der Waals surface area contributed by atoms with E-state index >= 15 is 0 Å². The predicted octanol–water partition coefficient (Wildman–Crippen LogP) is 3.07. The molecule has 10 heteroatoms. The molecule has 1 atom stereocenters. The van der Waals surface area contributed by atoms with Gasteiger partial charge in [-0.3, -0.25) is 24.6 Å². The summed E-state index contributed by atoms with van der Waals surface area (Å²) in [5.74, 6) is -1.21. The van der Waals surface area contributed by atoms with Crippen LogP contribution in [-0.4, -0.2) is 34.2 Å². The standard InChI is InChI=1S/C19H17BrN4O5/c1-11-6-7-14(9-15(11)24(28)29)21-16(25)10-23-17(26)19(2,22-18(23)27)12-4-3-5-13(20)8-12/h3-9H,10H2,1-2H3,(H,21,25)(H,22,27)/t19-/m0/s1. The molecule has 1 aliphatic rings. The van der Waals surface area contributed by atoms with Crippen molar-refractivity contribution in [3.05, 3.63) is 68.2 Å². The zero-order chi connectivity index (χ0) is 21.3. The summed E-state index contributed by atoms with van der Waals surface area (Å²) in [5.41, 5.74) is -0.215. The molecule has 2 aromatic carbocycles. The molecule has 0 saturated carbocycles. The second-order valence-electron chi connectivity index (χ2n) is 6.76. The summed E-state index contributed by atoms with van der Waals surface area (Å²) in [4.78, 5) is 48.9. The maximum absolute atomic E-state index is 12.9. The molecule has 1 heterocycles. The number of carbonyl (C=O) groups excluding carboxylic acids is 3. The second-order valence-corrected chi connectivity index (χ2v) is 7.68. The molecule has 4 amide bonds. The van der Waals surface area contributed by atoms with Crippen LogP contribution in [0.3, 0.4) is 0 Å². The van der Waals surface area contributed by atoms with E-state index < -0.39 is 34.9 Å².